The van der Waals surface area contributed by atoms with Crippen LogP contribution in [0.25, 0.3) is 0 Å². The Morgan fingerprint density at radius 2 is 1.89 bits per heavy atom. The molecular weight excluding hydrogens is 271 g/mol. The molecule has 0 unspecified atom stereocenters. The van der Waals surface area contributed by atoms with Crippen LogP contribution in [0.3, 0.4) is 0 Å². The second kappa shape index (κ2) is 6.79. The molecule has 1 rings (SSSR count). The number of hydrogen-bond acceptors (Lipinski definition) is 2. The Morgan fingerprint density at radius 3 is 2.17 bits per heavy atom. The minimum atomic E-state index is -5.84. The number of aryl methyl sites for hydroxylation is 2. The molecule has 2 N–H and O–H groups in total. The molecule has 1 heterocycles. The third-order valence-corrected chi connectivity index (χ3v) is 2.74. The molecule has 0 aliphatic heterocycles. The fraction of sp³-hybridized carbons (Fsp3) is 0.600. The van der Waals surface area contributed by atoms with Gasteiger partial charge in [0.2, 0.25) is 0 Å². The van der Waals surface area contributed by atoms with E-state index >= 15 is 0 Å². The highest BCUT2D eigenvalue weighted by atomic mass is 32.2. The van der Waals surface area contributed by atoms with Crippen molar-refractivity contribution in [3.05, 3.63) is 23.5 Å². The summed E-state index contributed by atoms with van der Waals surface area (Å²) in [5.74, 6) is 0. The van der Waals surface area contributed by atoms with Gasteiger partial charge in [0.1, 0.15) is 0 Å². The van der Waals surface area contributed by atoms with Gasteiger partial charge in [0.05, 0.1) is 0 Å². The Morgan fingerprint density at radius 1 is 1.39 bits per heavy atom. The number of H-pyrrole nitrogens is 1. The van der Waals surface area contributed by atoms with Crippen molar-refractivity contribution in [3.8, 4) is 0 Å². The zero-order chi connectivity index (χ0) is 14.4. The monoisotopic (exact) mass is 287 g/mol. The van der Waals surface area contributed by atoms with E-state index in [-0.39, 0.29) is 0 Å². The van der Waals surface area contributed by atoms with Crippen LogP contribution in [0.2, 0.25) is 0 Å². The molecule has 0 amide bonds. The molecule has 18 heavy (non-hydrogen) atoms. The Labute approximate surface area is 104 Å². The van der Waals surface area contributed by atoms with Crippen molar-refractivity contribution in [2.45, 2.75) is 38.6 Å². The number of nitrogens with one attached hydrogen (secondary N) is 1. The molecule has 0 atom stereocenters. The normalized spacial score (nSPS) is 11.9. The van der Waals surface area contributed by atoms with E-state index in [9.17, 15) is 13.2 Å². The summed E-state index contributed by atoms with van der Waals surface area (Å²) < 4.78 is 57.5. The third-order valence-electron chi connectivity index (χ3n) is 2.16. The SMILES string of the molecule is CCCCc1cc[nH]c1C.O=S(=O)(O)C(F)(F)F. The van der Waals surface area contributed by atoms with Crippen molar-refractivity contribution in [1.82, 2.24) is 4.98 Å². The summed E-state index contributed by atoms with van der Waals surface area (Å²) in [4.78, 5) is 3.18. The maximum absolute atomic E-state index is 10.7. The van der Waals surface area contributed by atoms with Crippen LogP contribution < -0.4 is 0 Å². The number of hydrogen-bond donors (Lipinski definition) is 2. The smallest absolute Gasteiger partial charge is 0.365 e. The highest BCUT2D eigenvalue weighted by molar-refractivity contribution is 7.86. The predicted octanol–water partition coefficient (Wildman–Crippen LogP) is 3.06. The first-order valence-corrected chi connectivity index (χ1v) is 6.70. The minimum absolute atomic E-state index is 1.23. The second-order valence-corrected chi connectivity index (χ2v) is 5.07. The molecule has 0 saturated heterocycles. The molecule has 106 valence electrons. The van der Waals surface area contributed by atoms with Crippen LogP contribution in [-0.4, -0.2) is 23.5 Å². The molecule has 0 spiro atoms. The van der Waals surface area contributed by atoms with Gasteiger partial charge in [0, 0.05) is 11.9 Å². The fourth-order valence-corrected chi connectivity index (χ4v) is 1.12. The maximum Gasteiger partial charge on any atom is 0.522 e. The molecule has 0 radical (unpaired) electrons. The van der Waals surface area contributed by atoms with Crippen molar-refractivity contribution in [2.24, 2.45) is 0 Å². The van der Waals surface area contributed by atoms with Gasteiger partial charge in [-0.05, 0) is 31.4 Å². The maximum atomic E-state index is 10.7. The topological polar surface area (TPSA) is 70.2 Å². The second-order valence-electron chi connectivity index (χ2n) is 3.65. The first-order chi connectivity index (χ1) is 8.09. The number of aromatic nitrogens is 1. The first kappa shape index (κ1) is 17.0. The average molecular weight is 287 g/mol. The molecule has 1 aromatic rings. The summed E-state index contributed by atoms with van der Waals surface area (Å²) in [5, 5.41) is 0. The van der Waals surface area contributed by atoms with E-state index in [0.717, 1.165) is 0 Å². The van der Waals surface area contributed by atoms with Crippen molar-refractivity contribution in [2.75, 3.05) is 0 Å². The molecule has 0 aliphatic carbocycles. The Bertz CT molecular complexity index is 451. The molecular formula is C10H16F3NO3S. The van der Waals surface area contributed by atoms with E-state index in [0.29, 0.717) is 0 Å². The van der Waals surface area contributed by atoms with Crippen LogP contribution >= 0.6 is 0 Å². The molecule has 4 nitrogen and oxygen atoms in total. The van der Waals surface area contributed by atoms with Crippen LogP contribution in [0, 0.1) is 6.92 Å². The lowest BCUT2D eigenvalue weighted by molar-refractivity contribution is -0.0510. The summed E-state index contributed by atoms with van der Waals surface area (Å²) in [6.45, 7) is 4.35. The Kier molecular flexibility index (Phi) is 6.41. The summed E-state index contributed by atoms with van der Waals surface area (Å²) >= 11 is 0. The standard InChI is InChI=1S/C9H15N.CHF3O3S/c1-3-4-5-9-6-7-10-8(9)2;2-1(3,4)8(5,6)7/h6-7,10H,3-5H2,1-2H3;(H,5,6,7). The van der Waals surface area contributed by atoms with Gasteiger partial charge in [0.25, 0.3) is 0 Å². The lowest BCUT2D eigenvalue weighted by Gasteiger charge is -1.97. The van der Waals surface area contributed by atoms with Gasteiger partial charge in [0.15, 0.2) is 0 Å². The van der Waals surface area contributed by atoms with E-state index in [4.69, 9.17) is 13.0 Å². The van der Waals surface area contributed by atoms with Gasteiger partial charge in [-0.2, -0.15) is 21.6 Å². The number of unbranched alkanes of at least 4 members (excludes halogenated alkanes) is 1. The van der Waals surface area contributed by atoms with Crippen molar-refractivity contribution in [3.63, 3.8) is 0 Å². The molecule has 1 aromatic heterocycles. The van der Waals surface area contributed by atoms with Crippen LogP contribution in [0.15, 0.2) is 12.3 Å². The highest BCUT2D eigenvalue weighted by Gasteiger charge is 2.44. The van der Waals surface area contributed by atoms with Gasteiger partial charge in [-0.1, -0.05) is 13.3 Å². The molecule has 8 heteroatoms. The summed E-state index contributed by atoms with van der Waals surface area (Å²) in [5.41, 5.74) is -2.73. The van der Waals surface area contributed by atoms with Gasteiger partial charge < -0.3 is 4.98 Å². The summed E-state index contributed by atoms with van der Waals surface area (Å²) in [7, 11) is -5.84. The van der Waals surface area contributed by atoms with Crippen molar-refractivity contribution >= 4 is 10.1 Å². The highest BCUT2D eigenvalue weighted by Crippen LogP contribution is 2.20. The van der Waals surface area contributed by atoms with Crippen LogP contribution in [0.5, 0.6) is 0 Å². The van der Waals surface area contributed by atoms with Crippen LogP contribution in [0.4, 0.5) is 13.2 Å². The third kappa shape index (κ3) is 6.06. The minimum Gasteiger partial charge on any atom is -0.365 e. The van der Waals surface area contributed by atoms with Crippen LogP contribution in [-0.2, 0) is 16.5 Å². The van der Waals surface area contributed by atoms with Crippen molar-refractivity contribution in [1.29, 1.82) is 0 Å². The first-order valence-electron chi connectivity index (χ1n) is 5.26. The summed E-state index contributed by atoms with van der Waals surface area (Å²) in [6.07, 6.45) is 5.83. The van der Waals surface area contributed by atoms with Gasteiger partial charge in [-0.3, -0.25) is 4.55 Å². The lowest BCUT2D eigenvalue weighted by Crippen LogP contribution is -2.21. The number of aromatic amines is 1. The van der Waals surface area contributed by atoms with Gasteiger partial charge >= 0.3 is 15.6 Å². The molecule has 0 aromatic carbocycles. The number of halogens is 3. The van der Waals surface area contributed by atoms with Crippen molar-refractivity contribution < 1.29 is 26.1 Å². The largest absolute Gasteiger partial charge is 0.522 e. The molecule has 0 aliphatic rings. The Hall–Kier alpha value is -1.02. The van der Waals surface area contributed by atoms with Crippen LogP contribution in [0.1, 0.15) is 31.0 Å². The lowest BCUT2D eigenvalue weighted by atomic mass is 10.1. The molecule has 0 fully saturated rings. The Balaban J connectivity index is 0.000000331. The molecule has 0 bridgehead atoms. The van der Waals surface area contributed by atoms with E-state index in [1.165, 1.54) is 30.5 Å². The summed E-state index contributed by atoms with van der Waals surface area (Å²) in [6, 6.07) is 2.17. The van der Waals surface area contributed by atoms with Gasteiger partial charge in [-0.25, -0.2) is 0 Å². The van der Waals surface area contributed by atoms with E-state index < -0.39 is 15.6 Å². The van der Waals surface area contributed by atoms with E-state index in [1.807, 2.05) is 6.20 Å². The quantitative estimate of drug-likeness (QED) is 0.663. The zero-order valence-corrected chi connectivity index (χ0v) is 10.9. The zero-order valence-electron chi connectivity index (χ0n) is 10.1. The van der Waals surface area contributed by atoms with E-state index in [2.05, 4.69) is 24.9 Å². The number of alkyl halides is 3. The van der Waals surface area contributed by atoms with E-state index in [1.54, 1.807) is 0 Å². The van der Waals surface area contributed by atoms with Gasteiger partial charge in [-0.15, -0.1) is 0 Å². The molecule has 0 saturated carbocycles. The predicted molar refractivity (Wildman–Crippen MR) is 61.7 cm³/mol. The average Bonchev–Trinajstić information content (AvgIpc) is 2.59. The fourth-order valence-electron chi connectivity index (χ4n) is 1.12. The number of rotatable bonds is 3.